The first-order valence-corrected chi connectivity index (χ1v) is 4.89. The number of rotatable bonds is 5. The van der Waals surface area contributed by atoms with E-state index < -0.39 is 24.8 Å². The number of aliphatic hydroxyl groups is 3. The molecule has 0 saturated carbocycles. The zero-order valence-corrected chi connectivity index (χ0v) is 9.20. The van der Waals surface area contributed by atoms with Gasteiger partial charge >= 0.3 is 5.97 Å². The Balaban J connectivity index is 3.14. The van der Waals surface area contributed by atoms with Crippen molar-refractivity contribution in [1.29, 1.82) is 0 Å². The molecule has 0 fully saturated rings. The van der Waals surface area contributed by atoms with Crippen LogP contribution in [-0.2, 0) is 0 Å². The summed E-state index contributed by atoms with van der Waals surface area (Å²) in [6, 6.07) is 3.91. The molecule has 0 aliphatic heterocycles. The Labute approximate surface area is 97.7 Å². The quantitative estimate of drug-likeness (QED) is 0.568. The summed E-state index contributed by atoms with van der Waals surface area (Å²) in [6.07, 6.45) is -2.74. The SMILES string of the molecule is COc1cc(C(=O)O)cc(C(O)C(O)CO)c1. The third-order valence-electron chi connectivity index (χ3n) is 2.30. The van der Waals surface area contributed by atoms with Crippen molar-refractivity contribution in [3.8, 4) is 5.75 Å². The molecule has 0 aliphatic carbocycles. The summed E-state index contributed by atoms with van der Waals surface area (Å²) in [5.41, 5.74) is 0.104. The van der Waals surface area contributed by atoms with Crippen molar-refractivity contribution in [2.75, 3.05) is 13.7 Å². The summed E-state index contributed by atoms with van der Waals surface area (Å²) in [5.74, 6) is -0.917. The molecule has 6 heteroatoms. The molecule has 0 amide bonds. The van der Waals surface area contributed by atoms with Gasteiger partial charge in [0.15, 0.2) is 0 Å². The summed E-state index contributed by atoms with van der Waals surface area (Å²) >= 11 is 0. The standard InChI is InChI=1S/C11H14O6/c1-17-8-3-6(10(14)9(13)5-12)2-7(4-8)11(15)16/h2-4,9-10,12-14H,5H2,1H3,(H,15,16). The summed E-state index contributed by atoms with van der Waals surface area (Å²) in [4.78, 5) is 10.8. The van der Waals surface area contributed by atoms with Crippen LogP contribution in [0.5, 0.6) is 5.75 Å². The van der Waals surface area contributed by atoms with Gasteiger partial charge in [-0.2, -0.15) is 0 Å². The second-order valence-electron chi connectivity index (χ2n) is 3.49. The topological polar surface area (TPSA) is 107 Å². The van der Waals surface area contributed by atoms with Gasteiger partial charge in [0.2, 0.25) is 0 Å². The highest BCUT2D eigenvalue weighted by atomic mass is 16.5. The van der Waals surface area contributed by atoms with Crippen LogP contribution in [0.1, 0.15) is 22.0 Å². The predicted molar refractivity (Wildman–Crippen MR) is 58.0 cm³/mol. The van der Waals surface area contributed by atoms with Gasteiger partial charge in [-0.05, 0) is 23.8 Å². The number of aromatic carboxylic acids is 1. The van der Waals surface area contributed by atoms with E-state index in [1.54, 1.807) is 0 Å². The Morgan fingerprint density at radius 3 is 2.47 bits per heavy atom. The van der Waals surface area contributed by atoms with Crippen LogP contribution in [0.4, 0.5) is 0 Å². The zero-order chi connectivity index (χ0) is 13.0. The molecule has 94 valence electrons. The largest absolute Gasteiger partial charge is 0.497 e. The minimum absolute atomic E-state index is 0.0662. The van der Waals surface area contributed by atoms with E-state index in [1.807, 2.05) is 0 Å². The van der Waals surface area contributed by atoms with Gasteiger partial charge in [-0.15, -0.1) is 0 Å². The van der Waals surface area contributed by atoms with Gasteiger partial charge in [0.1, 0.15) is 18.0 Å². The van der Waals surface area contributed by atoms with Crippen LogP contribution in [0, 0.1) is 0 Å². The highest BCUT2D eigenvalue weighted by Gasteiger charge is 2.20. The Hall–Kier alpha value is -1.63. The highest BCUT2D eigenvalue weighted by Crippen LogP contribution is 2.24. The van der Waals surface area contributed by atoms with Gasteiger partial charge in [-0.3, -0.25) is 0 Å². The molecule has 0 aliphatic rings. The normalized spacial score (nSPS) is 14.1. The van der Waals surface area contributed by atoms with E-state index in [4.69, 9.17) is 14.9 Å². The van der Waals surface area contributed by atoms with Gasteiger partial charge in [-0.1, -0.05) is 0 Å². The maximum Gasteiger partial charge on any atom is 0.335 e. The van der Waals surface area contributed by atoms with E-state index in [2.05, 4.69) is 0 Å². The van der Waals surface area contributed by atoms with E-state index in [-0.39, 0.29) is 16.9 Å². The van der Waals surface area contributed by atoms with Crippen molar-refractivity contribution in [3.05, 3.63) is 29.3 Å². The van der Waals surface area contributed by atoms with Crippen LogP contribution >= 0.6 is 0 Å². The minimum Gasteiger partial charge on any atom is -0.497 e. The maximum absolute atomic E-state index is 10.8. The molecule has 0 bridgehead atoms. The Bertz CT molecular complexity index is 403. The smallest absolute Gasteiger partial charge is 0.335 e. The first-order valence-electron chi connectivity index (χ1n) is 4.89. The van der Waals surface area contributed by atoms with Crippen LogP contribution < -0.4 is 4.74 Å². The summed E-state index contributed by atoms with van der Waals surface area (Å²) < 4.78 is 4.89. The fourth-order valence-electron chi connectivity index (χ4n) is 1.36. The van der Waals surface area contributed by atoms with Crippen LogP contribution in [-0.4, -0.2) is 46.2 Å². The van der Waals surface area contributed by atoms with Crippen LogP contribution in [0.2, 0.25) is 0 Å². The second kappa shape index (κ2) is 5.62. The number of carbonyl (C=O) groups is 1. The number of carboxylic acids is 1. The van der Waals surface area contributed by atoms with Gasteiger partial charge < -0.3 is 25.2 Å². The Morgan fingerprint density at radius 1 is 1.35 bits per heavy atom. The molecule has 0 radical (unpaired) electrons. The molecule has 1 aromatic rings. The van der Waals surface area contributed by atoms with Crippen LogP contribution in [0.15, 0.2) is 18.2 Å². The fourth-order valence-corrected chi connectivity index (χ4v) is 1.36. The van der Waals surface area contributed by atoms with Crippen molar-refractivity contribution >= 4 is 5.97 Å². The molecule has 17 heavy (non-hydrogen) atoms. The lowest BCUT2D eigenvalue weighted by Gasteiger charge is -2.17. The van der Waals surface area contributed by atoms with E-state index >= 15 is 0 Å². The van der Waals surface area contributed by atoms with E-state index in [0.29, 0.717) is 0 Å². The molecule has 0 aromatic heterocycles. The van der Waals surface area contributed by atoms with Crippen LogP contribution in [0.3, 0.4) is 0 Å². The molecular weight excluding hydrogens is 228 g/mol. The lowest BCUT2D eigenvalue weighted by Crippen LogP contribution is -2.22. The number of aliphatic hydroxyl groups excluding tert-OH is 3. The molecule has 4 N–H and O–H groups in total. The number of benzene rings is 1. The molecule has 0 saturated heterocycles. The summed E-state index contributed by atoms with van der Waals surface area (Å²) in [7, 11) is 1.36. The number of methoxy groups -OCH3 is 1. The Kier molecular flexibility index (Phi) is 4.45. The number of hydrogen-bond acceptors (Lipinski definition) is 5. The van der Waals surface area contributed by atoms with Gasteiger partial charge in [0.05, 0.1) is 19.3 Å². The highest BCUT2D eigenvalue weighted by molar-refractivity contribution is 5.88. The molecule has 2 unspecified atom stereocenters. The number of hydrogen-bond donors (Lipinski definition) is 4. The van der Waals surface area contributed by atoms with Crippen molar-refractivity contribution < 1.29 is 30.0 Å². The predicted octanol–water partition coefficient (Wildman–Crippen LogP) is -0.220. The van der Waals surface area contributed by atoms with Gasteiger partial charge in [-0.25, -0.2) is 4.79 Å². The fraction of sp³-hybridized carbons (Fsp3) is 0.364. The van der Waals surface area contributed by atoms with Crippen molar-refractivity contribution in [2.45, 2.75) is 12.2 Å². The molecule has 1 aromatic carbocycles. The second-order valence-corrected chi connectivity index (χ2v) is 3.49. The summed E-state index contributed by atoms with van der Waals surface area (Å²) in [6.45, 7) is -0.624. The molecule has 1 rings (SSSR count). The average molecular weight is 242 g/mol. The van der Waals surface area contributed by atoms with Crippen molar-refractivity contribution in [3.63, 3.8) is 0 Å². The molecule has 0 heterocycles. The van der Waals surface area contributed by atoms with Gasteiger partial charge in [0.25, 0.3) is 0 Å². The van der Waals surface area contributed by atoms with E-state index in [0.717, 1.165) is 0 Å². The monoisotopic (exact) mass is 242 g/mol. The summed E-state index contributed by atoms with van der Waals surface area (Å²) in [5, 5.41) is 36.5. The van der Waals surface area contributed by atoms with E-state index in [1.165, 1.54) is 25.3 Å². The lowest BCUT2D eigenvalue weighted by molar-refractivity contribution is -0.0153. The van der Waals surface area contributed by atoms with E-state index in [9.17, 15) is 15.0 Å². The first-order chi connectivity index (χ1) is 7.99. The third kappa shape index (κ3) is 3.16. The molecule has 2 atom stereocenters. The molecular formula is C11H14O6. The maximum atomic E-state index is 10.8. The van der Waals surface area contributed by atoms with Crippen LogP contribution in [0.25, 0.3) is 0 Å². The minimum atomic E-state index is -1.37. The van der Waals surface area contributed by atoms with Crippen molar-refractivity contribution in [1.82, 2.24) is 0 Å². The Morgan fingerprint density at radius 2 is 2.00 bits per heavy atom. The zero-order valence-electron chi connectivity index (χ0n) is 9.20. The number of ether oxygens (including phenoxy) is 1. The lowest BCUT2D eigenvalue weighted by atomic mass is 10.0. The third-order valence-corrected chi connectivity index (χ3v) is 2.30. The molecule has 0 spiro atoms. The average Bonchev–Trinajstić information content (AvgIpc) is 2.36. The molecule has 6 nitrogen and oxygen atoms in total. The van der Waals surface area contributed by atoms with Crippen molar-refractivity contribution in [2.24, 2.45) is 0 Å². The number of carboxylic acid groups (broad SMARTS) is 1. The van der Waals surface area contributed by atoms with Gasteiger partial charge in [0, 0.05) is 0 Å². The first kappa shape index (κ1) is 13.4.